The Balaban J connectivity index is 2.06. The number of aromatic hydroxyl groups is 2. The van der Waals surface area contributed by atoms with E-state index in [1.807, 2.05) is 6.92 Å². The number of phenolic OH excluding ortho intramolecular Hbond substituents is 2. The minimum absolute atomic E-state index is 0.0284. The highest BCUT2D eigenvalue weighted by Crippen LogP contribution is 2.27. The van der Waals surface area contributed by atoms with Gasteiger partial charge in [0.2, 0.25) is 0 Å². The summed E-state index contributed by atoms with van der Waals surface area (Å²) in [4.78, 5) is 0. The van der Waals surface area contributed by atoms with Gasteiger partial charge in [0.05, 0.1) is 0 Å². The van der Waals surface area contributed by atoms with Crippen molar-refractivity contribution in [1.29, 1.82) is 0 Å². The van der Waals surface area contributed by atoms with Crippen molar-refractivity contribution in [3.63, 3.8) is 0 Å². The van der Waals surface area contributed by atoms with Crippen LogP contribution in [0, 0.1) is 0 Å². The molecule has 1 atom stereocenters. The molecule has 0 bridgehead atoms. The second kappa shape index (κ2) is 6.30. The third-order valence-electron chi connectivity index (χ3n) is 2.89. The van der Waals surface area contributed by atoms with E-state index < -0.39 is 6.61 Å². The normalized spacial score (nSPS) is 12.2. The largest absolute Gasteiger partial charge is 0.508 e. The molecule has 2 aromatic rings. The number of hydrogen-bond donors (Lipinski definition) is 3. The summed E-state index contributed by atoms with van der Waals surface area (Å²) in [5, 5.41) is 22.0. The molecule has 3 N–H and O–H groups in total. The highest BCUT2D eigenvalue weighted by molar-refractivity contribution is 5.49. The summed E-state index contributed by atoms with van der Waals surface area (Å²) in [6.45, 7) is -1.00. The molecule has 2 rings (SSSR count). The first-order chi connectivity index (χ1) is 9.94. The van der Waals surface area contributed by atoms with Crippen molar-refractivity contribution in [2.45, 2.75) is 19.6 Å². The number of halogens is 2. The van der Waals surface area contributed by atoms with Crippen LogP contribution in [0.4, 0.5) is 14.5 Å². The van der Waals surface area contributed by atoms with Gasteiger partial charge in [-0.15, -0.1) is 0 Å². The maximum atomic E-state index is 12.0. The fourth-order valence-corrected chi connectivity index (χ4v) is 1.93. The maximum Gasteiger partial charge on any atom is 0.387 e. The van der Waals surface area contributed by atoms with Gasteiger partial charge in [-0.2, -0.15) is 8.78 Å². The van der Waals surface area contributed by atoms with E-state index in [-0.39, 0.29) is 23.3 Å². The minimum Gasteiger partial charge on any atom is -0.508 e. The molecular weight excluding hydrogens is 280 g/mol. The van der Waals surface area contributed by atoms with E-state index in [4.69, 9.17) is 0 Å². The topological polar surface area (TPSA) is 61.7 Å². The fraction of sp³-hybridized carbons (Fsp3) is 0.200. The molecule has 0 spiro atoms. The number of hydrogen-bond acceptors (Lipinski definition) is 4. The van der Waals surface area contributed by atoms with Crippen LogP contribution >= 0.6 is 0 Å². The molecular formula is C15H15F2NO3. The Kier molecular flexibility index (Phi) is 4.47. The van der Waals surface area contributed by atoms with Crippen molar-refractivity contribution < 1.29 is 23.7 Å². The molecule has 6 heteroatoms. The highest BCUT2D eigenvalue weighted by atomic mass is 19.3. The minimum atomic E-state index is -2.85. The van der Waals surface area contributed by atoms with Gasteiger partial charge >= 0.3 is 6.61 Å². The van der Waals surface area contributed by atoms with Gasteiger partial charge in [0, 0.05) is 17.8 Å². The van der Waals surface area contributed by atoms with Crippen LogP contribution in [0.25, 0.3) is 0 Å². The van der Waals surface area contributed by atoms with Crippen molar-refractivity contribution in [3.8, 4) is 17.2 Å². The summed E-state index contributed by atoms with van der Waals surface area (Å²) in [5.41, 5.74) is 1.40. The van der Waals surface area contributed by atoms with Gasteiger partial charge in [-0.25, -0.2) is 0 Å². The first kappa shape index (κ1) is 14.9. The van der Waals surface area contributed by atoms with Gasteiger partial charge in [0.25, 0.3) is 0 Å². The van der Waals surface area contributed by atoms with Gasteiger partial charge in [-0.05, 0) is 48.9 Å². The van der Waals surface area contributed by atoms with Crippen LogP contribution in [0.1, 0.15) is 18.5 Å². The van der Waals surface area contributed by atoms with Crippen LogP contribution < -0.4 is 10.1 Å². The fourth-order valence-electron chi connectivity index (χ4n) is 1.93. The zero-order chi connectivity index (χ0) is 15.4. The number of nitrogens with one attached hydrogen (secondary N) is 1. The molecule has 0 amide bonds. The summed E-state index contributed by atoms with van der Waals surface area (Å²) >= 11 is 0. The second-order valence-corrected chi connectivity index (χ2v) is 4.55. The Morgan fingerprint density at radius 3 is 2.10 bits per heavy atom. The lowest BCUT2D eigenvalue weighted by atomic mass is 10.1. The molecule has 21 heavy (non-hydrogen) atoms. The van der Waals surface area contributed by atoms with E-state index in [0.29, 0.717) is 11.3 Å². The Labute approximate surface area is 120 Å². The van der Waals surface area contributed by atoms with E-state index in [9.17, 15) is 19.0 Å². The van der Waals surface area contributed by atoms with Gasteiger partial charge < -0.3 is 20.3 Å². The molecule has 0 heterocycles. The van der Waals surface area contributed by atoms with Crippen molar-refractivity contribution in [2.75, 3.05) is 5.32 Å². The predicted molar refractivity (Wildman–Crippen MR) is 74.9 cm³/mol. The van der Waals surface area contributed by atoms with Gasteiger partial charge in [0.1, 0.15) is 17.2 Å². The smallest absolute Gasteiger partial charge is 0.387 e. The molecule has 0 aliphatic rings. The SMILES string of the molecule is CC(Nc1ccc(OC(F)F)cc1)c1cc(O)cc(O)c1. The van der Waals surface area contributed by atoms with Crippen LogP contribution in [0.5, 0.6) is 17.2 Å². The van der Waals surface area contributed by atoms with Crippen LogP contribution in [-0.4, -0.2) is 16.8 Å². The van der Waals surface area contributed by atoms with Crippen molar-refractivity contribution in [3.05, 3.63) is 48.0 Å². The average molecular weight is 295 g/mol. The molecule has 4 nitrogen and oxygen atoms in total. The third kappa shape index (κ3) is 4.24. The first-order valence-electron chi connectivity index (χ1n) is 6.28. The lowest BCUT2D eigenvalue weighted by molar-refractivity contribution is -0.0498. The number of alkyl halides is 2. The Bertz CT molecular complexity index is 582. The molecule has 2 aromatic carbocycles. The number of rotatable bonds is 5. The Morgan fingerprint density at radius 2 is 1.57 bits per heavy atom. The molecule has 0 saturated heterocycles. The monoisotopic (exact) mass is 295 g/mol. The maximum absolute atomic E-state index is 12.0. The van der Waals surface area contributed by atoms with Crippen LogP contribution in [-0.2, 0) is 0 Å². The summed E-state index contributed by atoms with van der Waals surface area (Å²) in [7, 11) is 0. The first-order valence-corrected chi connectivity index (χ1v) is 6.28. The van der Waals surface area contributed by atoms with E-state index in [1.165, 1.54) is 30.3 Å². The third-order valence-corrected chi connectivity index (χ3v) is 2.89. The Morgan fingerprint density at radius 1 is 1.00 bits per heavy atom. The van der Waals surface area contributed by atoms with Gasteiger partial charge in [-0.3, -0.25) is 0 Å². The lowest BCUT2D eigenvalue weighted by Gasteiger charge is -2.16. The van der Waals surface area contributed by atoms with Crippen molar-refractivity contribution in [1.82, 2.24) is 0 Å². The number of phenols is 2. The van der Waals surface area contributed by atoms with Crippen molar-refractivity contribution >= 4 is 5.69 Å². The number of benzene rings is 2. The highest BCUT2D eigenvalue weighted by Gasteiger charge is 2.09. The zero-order valence-electron chi connectivity index (χ0n) is 11.3. The van der Waals surface area contributed by atoms with E-state index in [0.717, 1.165) is 0 Å². The van der Waals surface area contributed by atoms with Crippen LogP contribution in [0.15, 0.2) is 42.5 Å². The summed E-state index contributed by atoms with van der Waals surface area (Å²) in [6, 6.07) is 10.2. The average Bonchev–Trinajstić information content (AvgIpc) is 2.39. The second-order valence-electron chi connectivity index (χ2n) is 4.55. The summed E-state index contributed by atoms with van der Waals surface area (Å²) in [5.74, 6) is 0.0249. The quantitative estimate of drug-likeness (QED) is 0.783. The standard InChI is InChI=1S/C15H15F2NO3/c1-9(10-6-12(19)8-13(20)7-10)18-11-2-4-14(5-3-11)21-15(16)17/h2-9,15,18-20H,1H3. The zero-order valence-corrected chi connectivity index (χ0v) is 11.3. The summed E-state index contributed by atoms with van der Waals surface area (Å²) < 4.78 is 28.3. The molecule has 0 aliphatic carbocycles. The molecule has 0 aromatic heterocycles. The van der Waals surface area contributed by atoms with E-state index >= 15 is 0 Å². The molecule has 112 valence electrons. The molecule has 0 radical (unpaired) electrons. The molecule has 0 fully saturated rings. The van der Waals surface area contributed by atoms with E-state index in [1.54, 1.807) is 12.1 Å². The molecule has 0 aliphatic heterocycles. The van der Waals surface area contributed by atoms with Crippen LogP contribution in [0.3, 0.4) is 0 Å². The predicted octanol–water partition coefficient (Wildman–Crippen LogP) is 3.87. The lowest BCUT2D eigenvalue weighted by Crippen LogP contribution is -2.06. The van der Waals surface area contributed by atoms with Gasteiger partial charge in [-0.1, -0.05) is 0 Å². The number of ether oxygens (including phenoxy) is 1. The molecule has 1 unspecified atom stereocenters. The van der Waals surface area contributed by atoms with Crippen LogP contribution in [0.2, 0.25) is 0 Å². The number of anilines is 1. The van der Waals surface area contributed by atoms with Crippen molar-refractivity contribution in [2.24, 2.45) is 0 Å². The summed E-state index contributed by atoms with van der Waals surface area (Å²) in [6.07, 6.45) is 0. The van der Waals surface area contributed by atoms with E-state index in [2.05, 4.69) is 10.1 Å². The Hall–Kier alpha value is -2.50. The van der Waals surface area contributed by atoms with Gasteiger partial charge in [0.15, 0.2) is 0 Å². The molecule has 0 saturated carbocycles.